The average molecular weight is 536 g/mol. The lowest BCUT2D eigenvalue weighted by Crippen LogP contribution is -2.43. The smallest absolute Gasteiger partial charge is 0.191 e. The van der Waals surface area contributed by atoms with E-state index in [1.807, 2.05) is 25.1 Å². The first-order valence-corrected chi connectivity index (χ1v) is 10.9. The van der Waals surface area contributed by atoms with Crippen LogP contribution < -0.4 is 15.4 Å². The van der Waals surface area contributed by atoms with Crippen LogP contribution in [0.15, 0.2) is 53.5 Å². The van der Waals surface area contributed by atoms with E-state index in [-0.39, 0.29) is 30.1 Å². The summed E-state index contributed by atoms with van der Waals surface area (Å²) < 4.78 is 5.99. The van der Waals surface area contributed by atoms with Crippen molar-refractivity contribution in [2.45, 2.75) is 38.5 Å². The molecule has 0 bridgehead atoms. The predicted octanol–water partition coefficient (Wildman–Crippen LogP) is 2.58. The number of aliphatic hydroxyl groups is 1. The van der Waals surface area contributed by atoms with Crippen molar-refractivity contribution in [3.05, 3.63) is 65.2 Å². The van der Waals surface area contributed by atoms with Crippen LogP contribution in [0, 0.1) is 0 Å². The molecule has 0 amide bonds. The first-order chi connectivity index (χ1) is 14.7. The van der Waals surface area contributed by atoms with Gasteiger partial charge in [-0.3, -0.25) is 9.89 Å². The number of fused-ring (bicyclic) bond motifs is 2. The van der Waals surface area contributed by atoms with Gasteiger partial charge in [-0.2, -0.15) is 0 Å². The molecule has 2 aromatic rings. The molecule has 0 saturated carbocycles. The predicted molar refractivity (Wildman–Crippen MR) is 135 cm³/mol. The molecule has 4 rings (SSSR count). The summed E-state index contributed by atoms with van der Waals surface area (Å²) in [7, 11) is 0. The lowest BCUT2D eigenvalue weighted by Gasteiger charge is -2.30. The molecular weight excluding hydrogens is 503 g/mol. The molecule has 2 aromatic carbocycles. The Morgan fingerprint density at radius 1 is 1.13 bits per heavy atom. The standard InChI is InChI=1S/C24H32N4O2.HI/c1-2-25-24(27-15-22-13-19-8-5-6-10-23(19)30-22)26-14-21(29)17-28-12-11-18-7-3-4-9-20(18)16-28;/h3-10,21-22,29H,2,11-17H2,1H3,(H2,25,26,27);1H. The third-order valence-corrected chi connectivity index (χ3v) is 5.69. The fourth-order valence-corrected chi connectivity index (χ4v) is 4.18. The van der Waals surface area contributed by atoms with Crippen LogP contribution in [0.2, 0.25) is 0 Å². The molecule has 2 aliphatic heterocycles. The van der Waals surface area contributed by atoms with Crippen LogP contribution in [0.4, 0.5) is 0 Å². The van der Waals surface area contributed by atoms with Crippen molar-refractivity contribution in [2.75, 3.05) is 32.7 Å². The lowest BCUT2D eigenvalue weighted by molar-refractivity contribution is 0.111. The summed E-state index contributed by atoms with van der Waals surface area (Å²) in [6, 6.07) is 16.8. The number of benzene rings is 2. The Morgan fingerprint density at radius 3 is 2.65 bits per heavy atom. The summed E-state index contributed by atoms with van der Waals surface area (Å²) in [5.74, 6) is 1.70. The number of aliphatic hydroxyl groups excluding tert-OH is 1. The average Bonchev–Trinajstić information content (AvgIpc) is 3.18. The van der Waals surface area contributed by atoms with Crippen LogP contribution in [-0.4, -0.2) is 60.9 Å². The highest BCUT2D eigenvalue weighted by molar-refractivity contribution is 14.0. The molecule has 2 aliphatic rings. The molecule has 2 unspecified atom stereocenters. The summed E-state index contributed by atoms with van der Waals surface area (Å²) in [6.07, 6.45) is 1.56. The Kier molecular flexibility index (Phi) is 8.98. The van der Waals surface area contributed by atoms with Gasteiger partial charge in [0.15, 0.2) is 5.96 Å². The van der Waals surface area contributed by atoms with Gasteiger partial charge in [0.1, 0.15) is 11.9 Å². The van der Waals surface area contributed by atoms with Gasteiger partial charge in [0.2, 0.25) is 0 Å². The van der Waals surface area contributed by atoms with Gasteiger partial charge in [0.05, 0.1) is 19.2 Å². The Bertz CT molecular complexity index is 851. The molecule has 7 heteroatoms. The third-order valence-electron chi connectivity index (χ3n) is 5.69. The number of halogens is 1. The van der Waals surface area contributed by atoms with E-state index in [2.05, 4.69) is 50.9 Å². The van der Waals surface area contributed by atoms with E-state index in [0.29, 0.717) is 19.6 Å². The summed E-state index contributed by atoms with van der Waals surface area (Å²) in [5.41, 5.74) is 4.05. The van der Waals surface area contributed by atoms with E-state index < -0.39 is 6.10 Å². The number of nitrogens with one attached hydrogen (secondary N) is 2. The molecule has 0 aromatic heterocycles. The van der Waals surface area contributed by atoms with Crippen LogP contribution in [-0.2, 0) is 19.4 Å². The normalized spacial score (nSPS) is 18.9. The van der Waals surface area contributed by atoms with Crippen LogP contribution >= 0.6 is 24.0 Å². The van der Waals surface area contributed by atoms with E-state index >= 15 is 0 Å². The van der Waals surface area contributed by atoms with Gasteiger partial charge < -0.3 is 20.5 Å². The van der Waals surface area contributed by atoms with Crippen molar-refractivity contribution in [1.29, 1.82) is 0 Å². The van der Waals surface area contributed by atoms with Crippen LogP contribution in [0.5, 0.6) is 5.75 Å². The quantitative estimate of drug-likeness (QED) is 0.289. The molecular formula is C24H33IN4O2. The van der Waals surface area contributed by atoms with Gasteiger partial charge >= 0.3 is 0 Å². The minimum Gasteiger partial charge on any atom is -0.488 e. The number of ether oxygens (including phenoxy) is 1. The highest BCUT2D eigenvalue weighted by Gasteiger charge is 2.22. The summed E-state index contributed by atoms with van der Waals surface area (Å²) in [5, 5.41) is 17.2. The van der Waals surface area contributed by atoms with Crippen LogP contribution in [0.3, 0.4) is 0 Å². The second-order valence-corrected chi connectivity index (χ2v) is 8.06. The number of para-hydroxylation sites is 1. The van der Waals surface area contributed by atoms with Crippen LogP contribution in [0.1, 0.15) is 23.6 Å². The maximum atomic E-state index is 10.5. The Balaban J connectivity index is 0.00000272. The van der Waals surface area contributed by atoms with E-state index in [9.17, 15) is 5.11 Å². The first kappa shape index (κ1) is 23.8. The molecule has 0 saturated heterocycles. The molecule has 0 radical (unpaired) electrons. The second kappa shape index (κ2) is 11.7. The fraction of sp³-hybridized carbons (Fsp3) is 0.458. The maximum absolute atomic E-state index is 10.5. The number of β-amino-alcohol motifs (C(OH)–C–C–N with tert-alkyl or cyclic N) is 1. The summed E-state index contributed by atoms with van der Waals surface area (Å²) in [6.45, 7) is 6.39. The number of nitrogens with zero attached hydrogens (tertiary/aromatic N) is 2. The highest BCUT2D eigenvalue weighted by atomic mass is 127. The van der Waals surface area contributed by atoms with Crippen molar-refractivity contribution in [3.63, 3.8) is 0 Å². The molecule has 6 nitrogen and oxygen atoms in total. The Labute approximate surface area is 202 Å². The molecule has 2 atom stereocenters. The lowest BCUT2D eigenvalue weighted by atomic mass is 10.00. The third kappa shape index (κ3) is 6.57. The number of rotatable bonds is 7. The van der Waals surface area contributed by atoms with Gasteiger partial charge in [0.25, 0.3) is 0 Å². The Morgan fingerprint density at radius 2 is 1.87 bits per heavy atom. The SMILES string of the molecule is CCNC(=NCC(O)CN1CCc2ccccc2C1)NCC1Cc2ccccc2O1.I. The van der Waals surface area contributed by atoms with E-state index in [0.717, 1.165) is 44.2 Å². The largest absolute Gasteiger partial charge is 0.488 e. The van der Waals surface area contributed by atoms with E-state index in [1.165, 1.54) is 16.7 Å². The second-order valence-electron chi connectivity index (χ2n) is 8.06. The molecule has 0 spiro atoms. The Hall–Kier alpha value is -1.84. The zero-order chi connectivity index (χ0) is 20.8. The monoisotopic (exact) mass is 536 g/mol. The minimum absolute atomic E-state index is 0. The van der Waals surface area contributed by atoms with Crippen molar-refractivity contribution in [2.24, 2.45) is 4.99 Å². The summed E-state index contributed by atoms with van der Waals surface area (Å²) >= 11 is 0. The molecule has 168 valence electrons. The zero-order valence-corrected chi connectivity index (χ0v) is 20.4. The highest BCUT2D eigenvalue weighted by Crippen LogP contribution is 2.27. The molecule has 31 heavy (non-hydrogen) atoms. The minimum atomic E-state index is -0.488. The van der Waals surface area contributed by atoms with E-state index in [1.54, 1.807) is 0 Å². The topological polar surface area (TPSA) is 69.1 Å². The number of aliphatic imine (C=N–C) groups is 1. The first-order valence-electron chi connectivity index (χ1n) is 10.9. The van der Waals surface area contributed by atoms with Gasteiger partial charge in [-0.1, -0.05) is 42.5 Å². The molecule has 2 heterocycles. The van der Waals surface area contributed by atoms with E-state index in [4.69, 9.17) is 4.74 Å². The number of hydrogen-bond acceptors (Lipinski definition) is 4. The summed E-state index contributed by atoms with van der Waals surface area (Å²) in [4.78, 5) is 6.91. The zero-order valence-electron chi connectivity index (χ0n) is 18.1. The van der Waals surface area contributed by atoms with Crippen molar-refractivity contribution in [1.82, 2.24) is 15.5 Å². The van der Waals surface area contributed by atoms with Gasteiger partial charge in [-0.15, -0.1) is 24.0 Å². The van der Waals surface area contributed by atoms with Crippen molar-refractivity contribution in [3.8, 4) is 5.75 Å². The van der Waals surface area contributed by atoms with Gasteiger partial charge in [-0.05, 0) is 36.1 Å². The van der Waals surface area contributed by atoms with Gasteiger partial charge in [-0.25, -0.2) is 0 Å². The van der Waals surface area contributed by atoms with Crippen molar-refractivity contribution >= 4 is 29.9 Å². The molecule has 0 aliphatic carbocycles. The van der Waals surface area contributed by atoms with Gasteiger partial charge in [0, 0.05) is 32.6 Å². The van der Waals surface area contributed by atoms with Crippen molar-refractivity contribution < 1.29 is 9.84 Å². The molecule has 3 N–H and O–H groups in total. The fourth-order valence-electron chi connectivity index (χ4n) is 4.18. The number of hydrogen-bond donors (Lipinski definition) is 3. The van der Waals surface area contributed by atoms with Crippen LogP contribution in [0.25, 0.3) is 0 Å². The molecule has 0 fully saturated rings. The number of guanidine groups is 1. The maximum Gasteiger partial charge on any atom is 0.191 e.